The fourth-order valence-corrected chi connectivity index (χ4v) is 2.34. The van der Waals surface area contributed by atoms with Crippen molar-refractivity contribution in [3.05, 3.63) is 52.0 Å². The van der Waals surface area contributed by atoms with Gasteiger partial charge in [-0.25, -0.2) is 4.79 Å². The summed E-state index contributed by atoms with van der Waals surface area (Å²) in [6.07, 6.45) is -0.309. The lowest BCUT2D eigenvalue weighted by atomic mass is 9.98. The number of esters is 1. The van der Waals surface area contributed by atoms with Gasteiger partial charge in [0.15, 0.2) is 6.10 Å². The zero-order chi connectivity index (χ0) is 14.0. The minimum Gasteiger partial charge on any atom is -0.452 e. The molecule has 0 saturated carbocycles. The number of cyclic esters (lactones) is 1. The molecule has 0 amide bonds. The fourth-order valence-electron chi connectivity index (χ4n) is 1.89. The first kappa shape index (κ1) is 14.1. The van der Waals surface area contributed by atoms with Crippen LogP contribution in [0.4, 0.5) is 0 Å². The van der Waals surface area contributed by atoms with Crippen LogP contribution in [0.1, 0.15) is 12.5 Å². The summed E-state index contributed by atoms with van der Waals surface area (Å²) in [7, 11) is 0. The van der Waals surface area contributed by atoms with Crippen molar-refractivity contribution < 1.29 is 14.6 Å². The van der Waals surface area contributed by atoms with Crippen LogP contribution < -0.4 is 0 Å². The summed E-state index contributed by atoms with van der Waals surface area (Å²) >= 11 is 11.7. The van der Waals surface area contributed by atoms with Crippen LogP contribution in [-0.4, -0.2) is 23.3 Å². The van der Waals surface area contributed by atoms with Crippen LogP contribution in [-0.2, 0) is 9.53 Å². The minimum atomic E-state index is -1.10. The van der Waals surface area contributed by atoms with Gasteiger partial charge in [-0.3, -0.25) is 0 Å². The molecule has 3 nitrogen and oxygen atoms in total. The van der Waals surface area contributed by atoms with E-state index in [2.05, 4.69) is 0 Å². The molecule has 2 rings (SSSR count). The number of carbonyl (C=O) groups excluding carboxylic acids is 1. The predicted molar refractivity (Wildman–Crippen MR) is 74.7 cm³/mol. The molecule has 0 bridgehead atoms. The Morgan fingerprint density at radius 3 is 2.42 bits per heavy atom. The number of carbonyl (C=O) groups is 1. The lowest BCUT2D eigenvalue weighted by molar-refractivity contribution is -0.142. The third-order valence-corrected chi connectivity index (χ3v) is 3.28. The van der Waals surface area contributed by atoms with Gasteiger partial charge in [-0.1, -0.05) is 53.5 Å². The highest BCUT2D eigenvalue weighted by molar-refractivity contribution is 6.58. The van der Waals surface area contributed by atoms with Gasteiger partial charge in [0, 0.05) is 11.1 Å². The molecule has 2 atom stereocenters. The molecule has 0 aromatic heterocycles. The Kier molecular flexibility index (Phi) is 4.30. The van der Waals surface area contributed by atoms with E-state index in [0.717, 1.165) is 0 Å². The maximum absolute atomic E-state index is 11.3. The normalized spacial score (nSPS) is 19.7. The first-order chi connectivity index (χ1) is 9.00. The summed E-state index contributed by atoms with van der Waals surface area (Å²) in [6, 6.07) is 9.00. The zero-order valence-corrected chi connectivity index (χ0v) is 11.7. The Morgan fingerprint density at radius 2 is 1.95 bits per heavy atom. The van der Waals surface area contributed by atoms with Gasteiger partial charge in [-0.05, 0) is 18.6 Å². The molecule has 1 aliphatic rings. The number of aliphatic hydroxyl groups is 1. The van der Waals surface area contributed by atoms with Gasteiger partial charge in [0.2, 0.25) is 0 Å². The monoisotopic (exact) mass is 298 g/mol. The molecule has 5 heteroatoms. The first-order valence-corrected chi connectivity index (χ1v) is 6.44. The number of benzene rings is 1. The molecular weight excluding hydrogens is 287 g/mol. The van der Waals surface area contributed by atoms with Gasteiger partial charge >= 0.3 is 5.97 Å². The van der Waals surface area contributed by atoms with Gasteiger partial charge in [-0.15, -0.1) is 0 Å². The summed E-state index contributed by atoms with van der Waals surface area (Å²) in [6.45, 7) is 1.63. The van der Waals surface area contributed by atoms with Crippen LogP contribution in [0, 0.1) is 0 Å². The molecule has 0 fully saturated rings. The number of rotatable bonds is 3. The van der Waals surface area contributed by atoms with Gasteiger partial charge in [-0.2, -0.15) is 0 Å². The highest BCUT2D eigenvalue weighted by Gasteiger charge is 2.32. The third kappa shape index (κ3) is 3.00. The highest BCUT2D eigenvalue weighted by atomic mass is 35.5. The van der Waals surface area contributed by atoms with Crippen LogP contribution >= 0.6 is 23.2 Å². The minimum absolute atomic E-state index is 0.0484. The zero-order valence-electron chi connectivity index (χ0n) is 10.1. The van der Waals surface area contributed by atoms with Gasteiger partial charge in [0.05, 0.1) is 0 Å². The summed E-state index contributed by atoms with van der Waals surface area (Å²) in [5, 5.41) is 10.3. The van der Waals surface area contributed by atoms with Crippen LogP contribution in [0.15, 0.2) is 46.5 Å². The quantitative estimate of drug-likeness (QED) is 0.873. The van der Waals surface area contributed by atoms with E-state index < -0.39 is 18.2 Å². The van der Waals surface area contributed by atoms with Crippen LogP contribution in [0.25, 0.3) is 5.57 Å². The molecule has 0 saturated heterocycles. The van der Waals surface area contributed by atoms with E-state index in [0.29, 0.717) is 16.7 Å². The molecule has 1 heterocycles. The van der Waals surface area contributed by atoms with E-state index in [1.165, 1.54) is 0 Å². The molecule has 1 aromatic rings. The van der Waals surface area contributed by atoms with E-state index in [1.54, 1.807) is 37.3 Å². The smallest absolute Gasteiger partial charge is 0.334 e. The van der Waals surface area contributed by atoms with Crippen LogP contribution in [0.3, 0.4) is 0 Å². The fraction of sp³-hybridized carbons (Fsp3) is 0.214. The van der Waals surface area contributed by atoms with E-state index in [9.17, 15) is 9.90 Å². The van der Waals surface area contributed by atoms with Crippen molar-refractivity contribution in [1.29, 1.82) is 0 Å². The van der Waals surface area contributed by atoms with Crippen molar-refractivity contribution in [2.75, 3.05) is 0 Å². The maximum Gasteiger partial charge on any atom is 0.334 e. The Hall–Kier alpha value is -1.29. The van der Waals surface area contributed by atoms with E-state index in [-0.39, 0.29) is 4.49 Å². The Bertz CT molecular complexity index is 545. The van der Waals surface area contributed by atoms with E-state index in [4.69, 9.17) is 27.9 Å². The Balaban J connectivity index is 2.33. The molecule has 1 N–H and O–H groups in total. The van der Waals surface area contributed by atoms with Gasteiger partial charge in [0.25, 0.3) is 0 Å². The molecule has 0 aliphatic carbocycles. The van der Waals surface area contributed by atoms with Crippen molar-refractivity contribution in [2.24, 2.45) is 0 Å². The SMILES string of the molecule is CC1=CC(C(O)C(=C(Cl)Cl)c2ccccc2)OC1=O. The largest absolute Gasteiger partial charge is 0.452 e. The molecule has 0 spiro atoms. The molecule has 2 unspecified atom stereocenters. The van der Waals surface area contributed by atoms with Crippen molar-refractivity contribution in [3.8, 4) is 0 Å². The molecule has 1 aliphatic heterocycles. The number of halogens is 2. The number of hydrogen-bond donors (Lipinski definition) is 1. The lowest BCUT2D eigenvalue weighted by Gasteiger charge is -2.20. The second-order valence-corrected chi connectivity index (χ2v) is 5.15. The average molecular weight is 299 g/mol. The molecule has 1 aromatic carbocycles. The summed E-state index contributed by atoms with van der Waals surface area (Å²) in [5.74, 6) is -0.442. The number of ether oxygens (including phenoxy) is 1. The third-order valence-electron chi connectivity index (χ3n) is 2.87. The summed E-state index contributed by atoms with van der Waals surface area (Å²) in [5.41, 5.74) is 1.49. The Labute approximate surface area is 121 Å². The van der Waals surface area contributed by atoms with Crippen LogP contribution in [0.2, 0.25) is 0 Å². The summed E-state index contributed by atoms with van der Waals surface area (Å²) in [4.78, 5) is 11.3. The summed E-state index contributed by atoms with van der Waals surface area (Å²) < 4.78 is 5.01. The maximum atomic E-state index is 11.3. The van der Waals surface area contributed by atoms with E-state index >= 15 is 0 Å². The number of hydrogen-bond acceptors (Lipinski definition) is 3. The lowest BCUT2D eigenvalue weighted by Crippen LogP contribution is -2.27. The van der Waals surface area contributed by atoms with E-state index in [1.807, 2.05) is 6.07 Å². The molecular formula is C14H12Cl2O3. The molecule has 100 valence electrons. The first-order valence-electron chi connectivity index (χ1n) is 5.68. The topological polar surface area (TPSA) is 46.5 Å². The van der Waals surface area contributed by atoms with Crippen molar-refractivity contribution in [3.63, 3.8) is 0 Å². The number of aliphatic hydroxyl groups excluding tert-OH is 1. The van der Waals surface area contributed by atoms with Crippen LogP contribution in [0.5, 0.6) is 0 Å². The highest BCUT2D eigenvalue weighted by Crippen LogP contribution is 2.31. The second-order valence-electron chi connectivity index (χ2n) is 4.20. The van der Waals surface area contributed by atoms with Crippen molar-refractivity contribution >= 4 is 34.7 Å². The second kappa shape index (κ2) is 5.78. The molecule has 0 radical (unpaired) electrons. The van der Waals surface area contributed by atoms with Gasteiger partial charge in [0.1, 0.15) is 10.6 Å². The molecule has 19 heavy (non-hydrogen) atoms. The van der Waals surface area contributed by atoms with Crippen molar-refractivity contribution in [2.45, 2.75) is 19.1 Å². The van der Waals surface area contributed by atoms with Gasteiger partial charge < -0.3 is 9.84 Å². The predicted octanol–water partition coefficient (Wildman–Crippen LogP) is 3.07. The standard InChI is InChI=1S/C14H12Cl2O3/c1-8-7-10(19-14(8)18)12(17)11(13(15)16)9-5-3-2-4-6-9/h2-7,10,12,17H,1H3. The Morgan fingerprint density at radius 1 is 1.32 bits per heavy atom. The average Bonchev–Trinajstić information content (AvgIpc) is 2.71. The van der Waals surface area contributed by atoms with Crippen molar-refractivity contribution in [1.82, 2.24) is 0 Å².